The lowest BCUT2D eigenvalue weighted by atomic mass is 9.95. The molecule has 1 fully saturated rings. The first-order valence-corrected chi connectivity index (χ1v) is 13.5. The number of hydrogen-bond acceptors (Lipinski definition) is 9. The van der Waals surface area contributed by atoms with Crippen molar-refractivity contribution < 1.29 is 43.7 Å². The summed E-state index contributed by atoms with van der Waals surface area (Å²) in [5, 5.41) is 29.5. The summed E-state index contributed by atoms with van der Waals surface area (Å²) in [5.74, 6) is -5.76. The van der Waals surface area contributed by atoms with E-state index in [0.29, 0.717) is 6.42 Å². The molecule has 0 bridgehead atoms. The van der Waals surface area contributed by atoms with Crippen LogP contribution in [0.25, 0.3) is 0 Å². The molecule has 0 aromatic carbocycles. The Morgan fingerprint density at radius 3 is 2.05 bits per heavy atom. The van der Waals surface area contributed by atoms with Gasteiger partial charge in [0.1, 0.15) is 37.3 Å². The van der Waals surface area contributed by atoms with E-state index < -0.39 is 90.8 Å². The van der Waals surface area contributed by atoms with Crippen LogP contribution in [0.1, 0.15) is 54.4 Å². The minimum Gasteiger partial charge on any atom is -0.464 e. The Hall–Kier alpha value is -3.26. The van der Waals surface area contributed by atoms with Gasteiger partial charge in [-0.15, -0.1) is 0 Å². The third kappa shape index (κ3) is 10.0. The molecule has 0 spiro atoms. The van der Waals surface area contributed by atoms with Crippen LogP contribution in [0.2, 0.25) is 0 Å². The molecular formula is C26H45N5O9. The average molecular weight is 572 g/mol. The second kappa shape index (κ2) is 16.1. The van der Waals surface area contributed by atoms with Gasteiger partial charge in [-0.2, -0.15) is 0 Å². The lowest BCUT2D eigenvalue weighted by Crippen LogP contribution is -2.61. The van der Waals surface area contributed by atoms with Gasteiger partial charge in [-0.3, -0.25) is 28.8 Å². The molecule has 0 aromatic rings. The lowest BCUT2D eigenvalue weighted by molar-refractivity contribution is -0.150. The molecule has 1 aliphatic rings. The number of likely N-dealkylation sites (N-methyl/N-ethyl adjacent to an activating group) is 1. The number of aliphatic hydroxyl groups is 2. The van der Waals surface area contributed by atoms with E-state index in [-0.39, 0.29) is 18.9 Å². The lowest BCUT2D eigenvalue weighted by Gasteiger charge is -2.33. The van der Waals surface area contributed by atoms with Gasteiger partial charge in [0.2, 0.25) is 29.5 Å². The molecule has 1 saturated heterocycles. The fourth-order valence-electron chi connectivity index (χ4n) is 4.06. The molecule has 5 amide bonds. The maximum atomic E-state index is 13.5. The highest BCUT2D eigenvalue weighted by atomic mass is 16.5. The van der Waals surface area contributed by atoms with Gasteiger partial charge in [0.25, 0.3) is 0 Å². The summed E-state index contributed by atoms with van der Waals surface area (Å²) >= 11 is 0. The minimum atomic E-state index is -1.52. The van der Waals surface area contributed by atoms with Gasteiger partial charge < -0.3 is 41.1 Å². The quantitative estimate of drug-likeness (QED) is 0.196. The van der Waals surface area contributed by atoms with E-state index in [0.717, 1.165) is 0 Å². The molecule has 228 valence electrons. The van der Waals surface area contributed by atoms with Crippen molar-refractivity contribution in [1.82, 2.24) is 26.2 Å². The van der Waals surface area contributed by atoms with Crippen molar-refractivity contribution in [1.29, 1.82) is 0 Å². The molecule has 14 heteroatoms. The number of hydrogen-bond donors (Lipinski definition) is 6. The van der Waals surface area contributed by atoms with Crippen LogP contribution >= 0.6 is 0 Å². The first-order chi connectivity index (χ1) is 18.6. The molecular weight excluding hydrogens is 526 g/mol. The number of amides is 5. The molecule has 0 unspecified atom stereocenters. The van der Waals surface area contributed by atoms with Crippen molar-refractivity contribution in [2.24, 2.45) is 17.8 Å². The van der Waals surface area contributed by atoms with Crippen LogP contribution in [0.3, 0.4) is 0 Å². The van der Waals surface area contributed by atoms with Crippen LogP contribution < -0.4 is 21.3 Å². The zero-order chi connectivity index (χ0) is 30.7. The van der Waals surface area contributed by atoms with Crippen LogP contribution in [-0.4, -0.2) is 108 Å². The van der Waals surface area contributed by atoms with Crippen molar-refractivity contribution in [3.63, 3.8) is 0 Å². The Kier molecular flexibility index (Phi) is 14.0. The number of ether oxygens (including phenoxy) is 1. The fraction of sp³-hybridized carbons (Fsp3) is 0.769. The molecule has 7 atom stereocenters. The minimum absolute atomic E-state index is 0.00422. The van der Waals surface area contributed by atoms with Gasteiger partial charge in [-0.05, 0) is 25.2 Å². The topological polar surface area (TPSA) is 203 Å². The number of carbonyl (C=O) groups excluding carboxylic acids is 6. The van der Waals surface area contributed by atoms with Crippen molar-refractivity contribution in [2.45, 2.75) is 84.7 Å². The van der Waals surface area contributed by atoms with Gasteiger partial charge in [-0.1, -0.05) is 41.0 Å². The van der Waals surface area contributed by atoms with Crippen LogP contribution in [0.5, 0.6) is 0 Å². The standard InChI is InChI=1S/C26H45N5O9/c1-8-14(4)20-25(38)28-17(11-32)22(35)30-21(16(6)33)24(37)27-10-19(34)40-12-15(5)26(39)31(7)18(9-13(2)3)23(36)29-20/h13-18,20-21,32-33H,8-12H2,1-7H3,(H,27,37)(H,28,38)(H,29,36)(H,30,35)/t14-,15-,16+,17+,18+,20+,21+/m1/s1. The van der Waals surface area contributed by atoms with Crippen molar-refractivity contribution in [3.05, 3.63) is 0 Å². The van der Waals surface area contributed by atoms with Gasteiger partial charge in [0, 0.05) is 7.05 Å². The maximum Gasteiger partial charge on any atom is 0.325 e. The highest BCUT2D eigenvalue weighted by molar-refractivity contribution is 5.96. The van der Waals surface area contributed by atoms with E-state index in [1.54, 1.807) is 6.92 Å². The Morgan fingerprint density at radius 2 is 1.52 bits per heavy atom. The van der Waals surface area contributed by atoms with Crippen molar-refractivity contribution >= 4 is 35.5 Å². The predicted octanol–water partition coefficient (Wildman–Crippen LogP) is -1.96. The number of nitrogens with zero attached hydrogens (tertiary/aromatic N) is 1. The van der Waals surface area contributed by atoms with Crippen LogP contribution in [0, 0.1) is 17.8 Å². The van der Waals surface area contributed by atoms with Gasteiger partial charge in [0.05, 0.1) is 18.6 Å². The summed E-state index contributed by atoms with van der Waals surface area (Å²) in [7, 11) is 1.46. The van der Waals surface area contributed by atoms with Gasteiger partial charge in [0.15, 0.2) is 0 Å². The third-order valence-corrected chi connectivity index (χ3v) is 6.81. The van der Waals surface area contributed by atoms with E-state index in [2.05, 4.69) is 21.3 Å². The van der Waals surface area contributed by atoms with E-state index in [1.807, 2.05) is 20.8 Å². The highest BCUT2D eigenvalue weighted by Crippen LogP contribution is 2.16. The first kappa shape index (κ1) is 34.8. The summed E-state index contributed by atoms with van der Waals surface area (Å²) in [5.41, 5.74) is 0. The van der Waals surface area contributed by atoms with E-state index in [4.69, 9.17) is 4.74 Å². The monoisotopic (exact) mass is 571 g/mol. The fourth-order valence-corrected chi connectivity index (χ4v) is 4.06. The molecule has 1 aliphatic heterocycles. The van der Waals surface area contributed by atoms with Crippen molar-refractivity contribution in [3.8, 4) is 0 Å². The van der Waals surface area contributed by atoms with Crippen LogP contribution in [-0.2, 0) is 33.5 Å². The molecule has 0 aromatic heterocycles. The maximum absolute atomic E-state index is 13.5. The second-order valence-corrected chi connectivity index (χ2v) is 10.7. The number of nitrogens with one attached hydrogen (secondary N) is 4. The summed E-state index contributed by atoms with van der Waals surface area (Å²) in [6, 6.07) is -5.11. The van der Waals surface area contributed by atoms with E-state index in [1.165, 1.54) is 25.8 Å². The van der Waals surface area contributed by atoms with Gasteiger partial charge in [-0.25, -0.2) is 0 Å². The normalized spacial score (nSPS) is 28.2. The average Bonchev–Trinajstić information content (AvgIpc) is 2.90. The number of carbonyl (C=O) groups is 6. The van der Waals surface area contributed by atoms with Crippen molar-refractivity contribution in [2.75, 3.05) is 26.8 Å². The molecule has 6 N–H and O–H groups in total. The second-order valence-electron chi connectivity index (χ2n) is 10.7. The molecule has 14 nitrogen and oxygen atoms in total. The number of esters is 1. The zero-order valence-electron chi connectivity index (χ0n) is 24.4. The zero-order valence-corrected chi connectivity index (χ0v) is 24.4. The summed E-state index contributed by atoms with van der Waals surface area (Å²) in [6.07, 6.45) is -0.642. The van der Waals surface area contributed by atoms with Gasteiger partial charge >= 0.3 is 5.97 Å². The number of cyclic esters (lactones) is 1. The Morgan fingerprint density at radius 1 is 0.925 bits per heavy atom. The summed E-state index contributed by atoms with van der Waals surface area (Å²) in [6.45, 7) is 8.29. The van der Waals surface area contributed by atoms with Crippen LogP contribution in [0.15, 0.2) is 0 Å². The molecule has 0 radical (unpaired) electrons. The molecule has 0 aliphatic carbocycles. The third-order valence-electron chi connectivity index (χ3n) is 6.81. The SMILES string of the molecule is CC[C@@H](C)[C@@H]1NC(=O)[C@H](CC(C)C)N(C)C(=O)[C@H](C)COC(=O)CNC(=O)[C@H]([C@H](C)O)NC(=O)[C@H](CO)NC1=O. The molecule has 1 heterocycles. The number of aliphatic hydroxyl groups excluding tert-OH is 2. The van der Waals surface area contributed by atoms with E-state index >= 15 is 0 Å². The first-order valence-electron chi connectivity index (χ1n) is 13.5. The van der Waals surface area contributed by atoms with E-state index in [9.17, 15) is 39.0 Å². The number of rotatable bonds is 6. The molecule has 0 saturated carbocycles. The smallest absolute Gasteiger partial charge is 0.325 e. The Labute approximate surface area is 234 Å². The molecule has 40 heavy (non-hydrogen) atoms. The van der Waals surface area contributed by atoms with Crippen LogP contribution in [0.4, 0.5) is 0 Å². The largest absolute Gasteiger partial charge is 0.464 e. The predicted molar refractivity (Wildman–Crippen MR) is 143 cm³/mol. The Bertz CT molecular complexity index is 926. The summed E-state index contributed by atoms with van der Waals surface area (Å²) in [4.78, 5) is 78.8. The Balaban J connectivity index is 3.47. The molecule has 1 rings (SSSR count). The highest BCUT2D eigenvalue weighted by Gasteiger charge is 2.36. The summed E-state index contributed by atoms with van der Waals surface area (Å²) < 4.78 is 5.12.